The first-order valence-corrected chi connectivity index (χ1v) is 12.1. The van der Waals surface area contributed by atoms with Crippen molar-refractivity contribution in [2.75, 3.05) is 31.9 Å². The molecule has 0 spiro atoms. The average Bonchev–Trinajstić information content (AvgIpc) is 2.81. The molecule has 0 unspecified atom stereocenters. The van der Waals surface area contributed by atoms with Crippen molar-refractivity contribution in [3.8, 4) is 0 Å². The highest BCUT2D eigenvalue weighted by Gasteiger charge is 2.21. The molecule has 0 atom stereocenters. The second-order valence-electron chi connectivity index (χ2n) is 7.90. The van der Waals surface area contributed by atoms with Crippen LogP contribution in [0.15, 0.2) is 47.0 Å². The van der Waals surface area contributed by atoms with Gasteiger partial charge in [-0.15, -0.1) is 4.91 Å². The molecule has 0 bridgehead atoms. The number of carbonyl (C=O) groups is 3. The van der Waals surface area contributed by atoms with E-state index in [2.05, 4.69) is 15.2 Å². The lowest BCUT2D eigenvalue weighted by atomic mass is 10.1. The summed E-state index contributed by atoms with van der Waals surface area (Å²) in [5.74, 6) is -1.92. The van der Waals surface area contributed by atoms with Crippen molar-refractivity contribution in [3.63, 3.8) is 0 Å². The maximum absolute atomic E-state index is 12.2. The molecule has 0 aliphatic rings. The molecule has 194 valence electrons. The van der Waals surface area contributed by atoms with Gasteiger partial charge in [0.25, 0.3) is 0 Å². The van der Waals surface area contributed by atoms with Crippen molar-refractivity contribution in [1.29, 1.82) is 0 Å². The van der Waals surface area contributed by atoms with Gasteiger partial charge < -0.3 is 24.8 Å². The van der Waals surface area contributed by atoms with E-state index in [1.165, 1.54) is 0 Å². The molecular formula is C23H25Cl2N3O7S. The van der Waals surface area contributed by atoms with E-state index in [1.54, 1.807) is 56.3 Å². The molecular weight excluding hydrogens is 533 g/mol. The van der Waals surface area contributed by atoms with E-state index >= 15 is 0 Å². The monoisotopic (exact) mass is 557 g/mol. The van der Waals surface area contributed by atoms with Crippen molar-refractivity contribution < 1.29 is 28.6 Å². The van der Waals surface area contributed by atoms with Gasteiger partial charge >= 0.3 is 11.9 Å². The van der Waals surface area contributed by atoms with Gasteiger partial charge in [0.1, 0.15) is 13.2 Å². The fourth-order valence-corrected chi connectivity index (χ4v) is 3.51. The second kappa shape index (κ2) is 14.6. The lowest BCUT2D eigenvalue weighted by molar-refractivity contribution is -0.169. The van der Waals surface area contributed by atoms with Crippen LogP contribution in [-0.2, 0) is 35.0 Å². The molecule has 0 saturated heterocycles. The fourth-order valence-electron chi connectivity index (χ4n) is 2.68. The Morgan fingerprint density at radius 3 is 2.33 bits per heavy atom. The van der Waals surface area contributed by atoms with E-state index in [0.717, 1.165) is 11.9 Å². The summed E-state index contributed by atoms with van der Waals surface area (Å²) in [7, 11) is 0. The zero-order valence-corrected chi connectivity index (χ0v) is 21.9. The van der Waals surface area contributed by atoms with E-state index in [4.69, 9.17) is 37.4 Å². The molecule has 2 N–H and O–H groups in total. The molecule has 0 aliphatic heterocycles. The third-order valence-electron chi connectivity index (χ3n) is 4.46. The summed E-state index contributed by atoms with van der Waals surface area (Å²) >= 11 is 13.2. The van der Waals surface area contributed by atoms with E-state index in [9.17, 15) is 19.3 Å². The Kier molecular flexibility index (Phi) is 11.9. The SMILES string of the molecule is CC(C)(CNC(=O)COCC(=O)OCOC(=O)Cc1ccccc1Nc1c(Cl)cccc1Cl)SN=O. The molecule has 2 aromatic rings. The Morgan fingerprint density at radius 2 is 1.64 bits per heavy atom. The zero-order valence-electron chi connectivity index (χ0n) is 19.5. The molecule has 36 heavy (non-hydrogen) atoms. The summed E-state index contributed by atoms with van der Waals surface area (Å²) in [5.41, 5.74) is 1.73. The van der Waals surface area contributed by atoms with Crippen molar-refractivity contribution in [2.45, 2.75) is 25.0 Å². The molecule has 0 saturated carbocycles. The third-order valence-corrected chi connectivity index (χ3v) is 5.81. The number of hydrogen-bond donors (Lipinski definition) is 2. The molecule has 10 nitrogen and oxygen atoms in total. The minimum atomic E-state index is -0.813. The molecule has 0 heterocycles. The Hall–Kier alpha value is -2.86. The predicted octanol–water partition coefficient (Wildman–Crippen LogP) is 4.65. The van der Waals surface area contributed by atoms with Gasteiger partial charge in [0.05, 0.1) is 26.9 Å². The Labute approximate surface area is 222 Å². The number of para-hydroxylation sites is 2. The molecule has 13 heteroatoms. The van der Waals surface area contributed by atoms with Gasteiger partial charge in [-0.25, -0.2) is 4.79 Å². The number of esters is 2. The quantitative estimate of drug-likeness (QED) is 0.147. The number of nitrogens with one attached hydrogen (secondary N) is 2. The van der Waals surface area contributed by atoms with Crippen molar-refractivity contribution >= 4 is 64.4 Å². The summed E-state index contributed by atoms with van der Waals surface area (Å²) < 4.78 is 16.9. The molecule has 0 radical (unpaired) electrons. The molecule has 1 amide bonds. The molecule has 0 aliphatic carbocycles. The number of benzene rings is 2. The Morgan fingerprint density at radius 1 is 0.972 bits per heavy atom. The highest BCUT2D eigenvalue weighted by atomic mass is 35.5. The van der Waals surface area contributed by atoms with Crippen LogP contribution in [0.4, 0.5) is 11.4 Å². The third kappa shape index (κ3) is 10.4. The first-order valence-electron chi connectivity index (χ1n) is 10.6. The van der Waals surface area contributed by atoms with Crippen LogP contribution in [0, 0.1) is 4.91 Å². The largest absolute Gasteiger partial charge is 0.428 e. The van der Waals surface area contributed by atoms with Gasteiger partial charge in [0.2, 0.25) is 12.7 Å². The predicted molar refractivity (Wildman–Crippen MR) is 138 cm³/mol. The standard InChI is InChI=1S/C23H25Cl2N3O7S/c1-23(2,36-28-32)13-26-19(29)11-33-12-21(31)35-14-34-20(30)10-15-6-3-4-9-18(15)27-22-16(24)7-5-8-17(22)25/h3-9,27H,10-14H2,1-2H3,(H,26,29). The Bertz CT molecular complexity index is 1070. The highest BCUT2D eigenvalue weighted by Crippen LogP contribution is 2.33. The highest BCUT2D eigenvalue weighted by molar-refractivity contribution is 7.99. The lowest BCUT2D eigenvalue weighted by Gasteiger charge is -2.19. The van der Waals surface area contributed by atoms with Crippen molar-refractivity contribution in [2.24, 2.45) is 4.58 Å². The van der Waals surface area contributed by atoms with Crippen molar-refractivity contribution in [1.82, 2.24) is 5.32 Å². The topological polar surface area (TPSA) is 132 Å². The van der Waals surface area contributed by atoms with Crippen LogP contribution >= 0.6 is 35.1 Å². The normalized spacial score (nSPS) is 10.9. The smallest absolute Gasteiger partial charge is 0.334 e. The van der Waals surface area contributed by atoms with Crippen LogP contribution in [0.25, 0.3) is 0 Å². The van der Waals surface area contributed by atoms with Crippen molar-refractivity contribution in [3.05, 3.63) is 63.0 Å². The van der Waals surface area contributed by atoms with Crippen LogP contribution in [0.5, 0.6) is 0 Å². The second-order valence-corrected chi connectivity index (χ2v) is 10.2. The minimum Gasteiger partial charge on any atom is -0.428 e. The van der Waals surface area contributed by atoms with Crippen LogP contribution < -0.4 is 10.6 Å². The van der Waals surface area contributed by atoms with E-state index < -0.39 is 36.0 Å². The number of anilines is 2. The first-order chi connectivity index (χ1) is 17.1. The number of rotatable bonds is 14. The van der Waals surface area contributed by atoms with Gasteiger partial charge in [-0.2, -0.15) is 0 Å². The first kappa shape index (κ1) is 29.4. The van der Waals surface area contributed by atoms with Gasteiger partial charge in [-0.3, -0.25) is 9.59 Å². The number of amides is 1. The van der Waals surface area contributed by atoms with E-state index in [1.807, 2.05) is 0 Å². The zero-order chi connectivity index (χ0) is 26.6. The molecule has 2 aromatic carbocycles. The number of carbonyl (C=O) groups excluding carboxylic acids is 3. The maximum atomic E-state index is 12.2. The van der Waals surface area contributed by atoms with Crippen LogP contribution in [0.1, 0.15) is 19.4 Å². The van der Waals surface area contributed by atoms with Gasteiger partial charge in [0.15, 0.2) is 0 Å². The van der Waals surface area contributed by atoms with Gasteiger partial charge in [-0.1, -0.05) is 47.5 Å². The van der Waals surface area contributed by atoms with Crippen LogP contribution in [0.2, 0.25) is 10.0 Å². The van der Waals surface area contributed by atoms with E-state index in [0.29, 0.717) is 27.0 Å². The van der Waals surface area contributed by atoms with Gasteiger partial charge in [0, 0.05) is 28.8 Å². The van der Waals surface area contributed by atoms with Crippen LogP contribution in [0.3, 0.4) is 0 Å². The number of hydrogen-bond acceptors (Lipinski definition) is 10. The summed E-state index contributed by atoms with van der Waals surface area (Å²) in [6.07, 6.45) is -0.103. The number of ether oxygens (including phenoxy) is 3. The maximum Gasteiger partial charge on any atom is 0.334 e. The Balaban J connectivity index is 1.72. The lowest BCUT2D eigenvalue weighted by Crippen LogP contribution is -2.38. The van der Waals surface area contributed by atoms with E-state index in [-0.39, 0.29) is 19.6 Å². The number of nitroso groups, excluding NO2 is 1. The van der Waals surface area contributed by atoms with Crippen LogP contribution in [-0.4, -0.2) is 49.1 Å². The summed E-state index contributed by atoms with van der Waals surface area (Å²) in [6.45, 7) is 2.16. The fraction of sp³-hybridized carbons (Fsp3) is 0.348. The number of nitrogens with zero attached hydrogens (tertiary/aromatic N) is 1. The minimum absolute atomic E-state index is 0.103. The molecule has 0 fully saturated rings. The van der Waals surface area contributed by atoms with Gasteiger partial charge in [-0.05, 0) is 37.6 Å². The summed E-state index contributed by atoms with van der Waals surface area (Å²) in [6, 6.07) is 12.1. The molecule has 0 aromatic heterocycles. The number of halogens is 2. The summed E-state index contributed by atoms with van der Waals surface area (Å²) in [4.78, 5) is 46.0. The summed E-state index contributed by atoms with van der Waals surface area (Å²) in [5, 5.41) is 6.52. The molecule has 2 rings (SSSR count). The average molecular weight is 558 g/mol.